The molecule has 0 fully saturated rings. The van der Waals surface area contributed by atoms with Crippen LogP contribution in [-0.2, 0) is 23.1 Å². The molecule has 0 spiro atoms. The number of sulfonamides is 1. The second-order valence-corrected chi connectivity index (χ2v) is 11.1. The highest BCUT2D eigenvalue weighted by molar-refractivity contribution is 9.10. The van der Waals surface area contributed by atoms with Crippen molar-refractivity contribution in [3.05, 3.63) is 117 Å². The standard InChI is InChI=1S/C25H19BrCl2N2O3S/c26-19-2-1-3-22(14-19)29-15-23-10-11-24(33-23)17-30(16-18-4-6-20(27)7-5-18)34(31,32)25-12-8-21(28)9-13-25/h1-15H,16-17H2. The summed E-state index contributed by atoms with van der Waals surface area (Å²) in [7, 11) is -3.83. The van der Waals surface area contributed by atoms with Crippen molar-refractivity contribution in [2.24, 2.45) is 4.99 Å². The first kappa shape index (κ1) is 24.7. The Morgan fingerprint density at radius 3 is 2.24 bits per heavy atom. The van der Waals surface area contributed by atoms with Gasteiger partial charge in [0.15, 0.2) is 0 Å². The second-order valence-electron chi connectivity index (χ2n) is 7.40. The van der Waals surface area contributed by atoms with E-state index < -0.39 is 10.0 Å². The van der Waals surface area contributed by atoms with Gasteiger partial charge < -0.3 is 4.42 Å². The maximum atomic E-state index is 13.5. The summed E-state index contributed by atoms with van der Waals surface area (Å²) < 4.78 is 35.0. The summed E-state index contributed by atoms with van der Waals surface area (Å²) in [5, 5.41) is 1.04. The van der Waals surface area contributed by atoms with Crippen molar-refractivity contribution < 1.29 is 12.8 Å². The number of furan rings is 1. The van der Waals surface area contributed by atoms with Crippen LogP contribution in [0.5, 0.6) is 0 Å². The van der Waals surface area contributed by atoms with Crippen molar-refractivity contribution in [2.45, 2.75) is 18.0 Å². The van der Waals surface area contributed by atoms with E-state index in [0.29, 0.717) is 21.6 Å². The molecule has 4 rings (SSSR count). The number of halogens is 3. The smallest absolute Gasteiger partial charge is 0.243 e. The van der Waals surface area contributed by atoms with Crippen molar-refractivity contribution in [1.29, 1.82) is 0 Å². The van der Waals surface area contributed by atoms with Crippen LogP contribution in [0.4, 0.5) is 5.69 Å². The van der Waals surface area contributed by atoms with Crippen LogP contribution in [0, 0.1) is 0 Å². The number of rotatable bonds is 8. The number of hydrogen-bond acceptors (Lipinski definition) is 4. The van der Waals surface area contributed by atoms with E-state index in [1.54, 1.807) is 54.7 Å². The lowest BCUT2D eigenvalue weighted by atomic mass is 10.2. The van der Waals surface area contributed by atoms with E-state index in [1.165, 1.54) is 16.4 Å². The maximum absolute atomic E-state index is 13.5. The molecule has 0 aliphatic heterocycles. The van der Waals surface area contributed by atoms with E-state index in [9.17, 15) is 8.42 Å². The van der Waals surface area contributed by atoms with E-state index in [4.69, 9.17) is 27.6 Å². The van der Waals surface area contributed by atoms with E-state index in [2.05, 4.69) is 20.9 Å². The Morgan fingerprint density at radius 1 is 0.882 bits per heavy atom. The molecule has 0 bridgehead atoms. The van der Waals surface area contributed by atoms with E-state index >= 15 is 0 Å². The summed E-state index contributed by atoms with van der Waals surface area (Å²) in [5.41, 5.74) is 1.56. The van der Waals surface area contributed by atoms with Gasteiger partial charge in [-0.05, 0) is 72.3 Å². The largest absolute Gasteiger partial charge is 0.459 e. The molecule has 0 unspecified atom stereocenters. The number of aliphatic imine (C=N–C) groups is 1. The second kappa shape index (κ2) is 10.9. The Labute approximate surface area is 216 Å². The number of hydrogen-bond donors (Lipinski definition) is 0. The summed E-state index contributed by atoms with van der Waals surface area (Å²) in [6, 6.07) is 24.2. The fraction of sp³-hybridized carbons (Fsp3) is 0.0800. The molecule has 174 valence electrons. The molecule has 0 radical (unpaired) electrons. The van der Waals surface area contributed by atoms with Crippen molar-refractivity contribution in [2.75, 3.05) is 0 Å². The molecule has 0 atom stereocenters. The van der Waals surface area contributed by atoms with Gasteiger partial charge in [-0.1, -0.05) is 57.3 Å². The zero-order chi connectivity index (χ0) is 24.1. The molecule has 0 saturated heterocycles. The highest BCUT2D eigenvalue weighted by Crippen LogP contribution is 2.24. The lowest BCUT2D eigenvalue weighted by Crippen LogP contribution is -2.30. The van der Waals surface area contributed by atoms with Crippen LogP contribution in [0.2, 0.25) is 10.0 Å². The van der Waals surface area contributed by atoms with Crippen molar-refractivity contribution >= 4 is 61.1 Å². The van der Waals surface area contributed by atoms with Crippen molar-refractivity contribution in [3.8, 4) is 0 Å². The molecule has 5 nitrogen and oxygen atoms in total. The van der Waals surface area contributed by atoms with Crippen LogP contribution in [0.3, 0.4) is 0 Å². The average molecular weight is 578 g/mol. The van der Waals surface area contributed by atoms with Crippen molar-refractivity contribution in [3.63, 3.8) is 0 Å². The van der Waals surface area contributed by atoms with Crippen LogP contribution in [0.15, 0.2) is 104 Å². The monoisotopic (exact) mass is 576 g/mol. The third-order valence-corrected chi connectivity index (χ3v) is 7.69. The first-order chi connectivity index (χ1) is 16.3. The quantitative estimate of drug-likeness (QED) is 0.204. The molecule has 0 aliphatic carbocycles. The predicted molar refractivity (Wildman–Crippen MR) is 139 cm³/mol. The van der Waals surface area contributed by atoms with Gasteiger partial charge in [0.1, 0.15) is 11.5 Å². The SMILES string of the molecule is O=S(=O)(c1ccc(Cl)cc1)N(Cc1ccc(Cl)cc1)Cc1ccc(C=Nc2cccc(Br)c2)o1. The van der Waals surface area contributed by atoms with E-state index in [0.717, 1.165) is 15.7 Å². The minimum Gasteiger partial charge on any atom is -0.459 e. The number of benzene rings is 3. The molecule has 0 saturated carbocycles. The molecular formula is C25H19BrCl2N2O3S. The average Bonchev–Trinajstić information content (AvgIpc) is 3.26. The lowest BCUT2D eigenvalue weighted by Gasteiger charge is -2.21. The molecule has 0 aliphatic rings. The van der Waals surface area contributed by atoms with Crippen molar-refractivity contribution in [1.82, 2.24) is 4.31 Å². The Hall–Kier alpha value is -2.42. The zero-order valence-electron chi connectivity index (χ0n) is 17.7. The summed E-state index contributed by atoms with van der Waals surface area (Å²) in [5.74, 6) is 1.01. The normalized spacial score (nSPS) is 12.0. The highest BCUT2D eigenvalue weighted by atomic mass is 79.9. The highest BCUT2D eigenvalue weighted by Gasteiger charge is 2.26. The van der Waals surface area contributed by atoms with Gasteiger partial charge in [0, 0.05) is 21.1 Å². The molecule has 34 heavy (non-hydrogen) atoms. The molecule has 3 aromatic carbocycles. The summed E-state index contributed by atoms with van der Waals surface area (Å²) in [6.45, 7) is 0.183. The van der Waals surface area contributed by atoms with Crippen LogP contribution in [0.25, 0.3) is 0 Å². The van der Waals surface area contributed by atoms with Crippen LogP contribution < -0.4 is 0 Å². The molecule has 9 heteroatoms. The molecule has 0 amide bonds. The Bertz CT molecular complexity index is 1400. The van der Waals surface area contributed by atoms with Gasteiger partial charge in [-0.2, -0.15) is 4.31 Å². The fourth-order valence-electron chi connectivity index (χ4n) is 3.19. The third kappa shape index (κ3) is 6.37. The number of nitrogens with zero attached hydrogens (tertiary/aromatic N) is 2. The fourth-order valence-corrected chi connectivity index (χ4v) is 5.23. The van der Waals surface area contributed by atoms with Gasteiger partial charge in [0.2, 0.25) is 10.0 Å². The molecule has 0 N–H and O–H groups in total. The van der Waals surface area contributed by atoms with Gasteiger partial charge >= 0.3 is 0 Å². The Kier molecular flexibility index (Phi) is 7.91. The molecule has 1 aromatic heterocycles. The molecule has 1 heterocycles. The van der Waals surface area contributed by atoms with Crippen LogP contribution >= 0.6 is 39.1 Å². The topological polar surface area (TPSA) is 62.9 Å². The zero-order valence-corrected chi connectivity index (χ0v) is 21.7. The van der Waals surface area contributed by atoms with E-state index in [1.807, 2.05) is 24.3 Å². The maximum Gasteiger partial charge on any atom is 0.243 e. The minimum absolute atomic E-state index is 0.0400. The predicted octanol–water partition coefficient (Wildman–Crippen LogP) is 7.49. The third-order valence-electron chi connectivity index (χ3n) is 4.89. The summed E-state index contributed by atoms with van der Waals surface area (Å²) in [6.07, 6.45) is 1.60. The first-order valence-corrected chi connectivity index (χ1v) is 13.2. The van der Waals surface area contributed by atoms with E-state index in [-0.39, 0.29) is 18.0 Å². The lowest BCUT2D eigenvalue weighted by molar-refractivity contribution is 0.357. The molecule has 4 aromatic rings. The van der Waals surface area contributed by atoms with Crippen LogP contribution in [-0.4, -0.2) is 18.9 Å². The molecular weight excluding hydrogens is 559 g/mol. The summed E-state index contributed by atoms with van der Waals surface area (Å²) in [4.78, 5) is 4.55. The van der Waals surface area contributed by atoms with Gasteiger partial charge in [-0.25, -0.2) is 8.42 Å². The minimum atomic E-state index is -3.83. The Balaban J connectivity index is 1.59. The first-order valence-electron chi connectivity index (χ1n) is 10.2. The van der Waals surface area contributed by atoms with Gasteiger partial charge in [0.25, 0.3) is 0 Å². The Morgan fingerprint density at radius 2 is 1.56 bits per heavy atom. The summed E-state index contributed by atoms with van der Waals surface area (Å²) >= 11 is 15.4. The van der Waals surface area contributed by atoms with Gasteiger partial charge in [0.05, 0.1) is 23.3 Å². The van der Waals surface area contributed by atoms with Gasteiger partial charge in [-0.15, -0.1) is 0 Å². The van der Waals surface area contributed by atoms with Crippen LogP contribution in [0.1, 0.15) is 17.1 Å². The van der Waals surface area contributed by atoms with Gasteiger partial charge in [-0.3, -0.25) is 4.99 Å².